The van der Waals surface area contributed by atoms with Crippen molar-refractivity contribution in [2.24, 2.45) is 0 Å². The van der Waals surface area contributed by atoms with E-state index >= 15 is 0 Å². The molecule has 2 nitrogen and oxygen atoms in total. The van der Waals surface area contributed by atoms with E-state index < -0.39 is 11.7 Å². The number of aryl methyl sites for hydroxylation is 1. The van der Waals surface area contributed by atoms with Crippen LogP contribution in [0, 0.1) is 18.3 Å². The largest absolute Gasteiger partial charge is 0.416 e. The minimum atomic E-state index is -4.44. The second-order valence-corrected chi connectivity index (χ2v) is 6.54. The van der Waals surface area contributed by atoms with Crippen LogP contribution in [0.4, 0.5) is 18.9 Å². The van der Waals surface area contributed by atoms with Gasteiger partial charge in [-0.15, -0.1) is 11.3 Å². The SMILES string of the molecule is Cc1sc(CNc2ccc(C(F)(F)F)cc2C#N)cc1Br. The smallest absolute Gasteiger partial charge is 0.379 e. The number of anilines is 1. The second kappa shape index (κ2) is 6.08. The Balaban J connectivity index is 2.19. The summed E-state index contributed by atoms with van der Waals surface area (Å²) in [5, 5.41) is 12.0. The first-order valence-corrected chi connectivity index (χ1v) is 7.52. The second-order valence-electron chi connectivity index (χ2n) is 4.34. The lowest BCUT2D eigenvalue weighted by Crippen LogP contribution is -2.07. The van der Waals surface area contributed by atoms with E-state index in [1.165, 1.54) is 6.07 Å². The fourth-order valence-electron chi connectivity index (χ4n) is 1.75. The highest BCUT2D eigenvalue weighted by molar-refractivity contribution is 9.10. The standard InChI is InChI=1S/C14H10BrF3N2S/c1-8-12(15)5-11(21-8)7-20-13-3-2-10(14(16,17)18)4-9(13)6-19/h2-5,20H,7H2,1H3. The molecular formula is C14H10BrF3N2S. The number of benzene rings is 1. The van der Waals surface area contributed by atoms with Gasteiger partial charge in [-0.05, 0) is 47.1 Å². The van der Waals surface area contributed by atoms with Crippen molar-refractivity contribution in [2.45, 2.75) is 19.6 Å². The highest BCUT2D eigenvalue weighted by atomic mass is 79.9. The molecule has 0 radical (unpaired) electrons. The number of hydrogen-bond donors (Lipinski definition) is 1. The summed E-state index contributed by atoms with van der Waals surface area (Å²) in [5.41, 5.74) is -0.441. The summed E-state index contributed by atoms with van der Waals surface area (Å²) in [6.07, 6.45) is -4.44. The van der Waals surface area contributed by atoms with E-state index in [1.54, 1.807) is 17.4 Å². The average Bonchev–Trinajstić information content (AvgIpc) is 2.74. The zero-order chi connectivity index (χ0) is 15.6. The molecule has 0 saturated carbocycles. The van der Waals surface area contributed by atoms with Gasteiger partial charge in [0.25, 0.3) is 0 Å². The lowest BCUT2D eigenvalue weighted by molar-refractivity contribution is -0.137. The molecule has 21 heavy (non-hydrogen) atoms. The monoisotopic (exact) mass is 374 g/mol. The van der Waals surface area contributed by atoms with Crippen molar-refractivity contribution in [2.75, 3.05) is 5.32 Å². The molecule has 0 bridgehead atoms. The number of nitriles is 1. The first kappa shape index (κ1) is 15.9. The van der Waals surface area contributed by atoms with E-state index in [2.05, 4.69) is 21.2 Å². The maximum atomic E-state index is 12.6. The quantitative estimate of drug-likeness (QED) is 0.788. The van der Waals surface area contributed by atoms with Crippen molar-refractivity contribution < 1.29 is 13.2 Å². The molecule has 0 amide bonds. The van der Waals surface area contributed by atoms with Gasteiger partial charge in [-0.3, -0.25) is 0 Å². The van der Waals surface area contributed by atoms with Crippen LogP contribution in [0.15, 0.2) is 28.7 Å². The van der Waals surface area contributed by atoms with E-state index in [0.29, 0.717) is 12.2 Å². The van der Waals surface area contributed by atoms with Crippen LogP contribution in [0.2, 0.25) is 0 Å². The number of rotatable bonds is 3. The first-order chi connectivity index (χ1) is 9.81. The van der Waals surface area contributed by atoms with E-state index in [9.17, 15) is 13.2 Å². The molecule has 0 saturated heterocycles. The molecule has 1 aromatic carbocycles. The molecule has 0 fully saturated rings. The minimum Gasteiger partial charge on any atom is -0.379 e. The summed E-state index contributed by atoms with van der Waals surface area (Å²) >= 11 is 4.99. The normalized spacial score (nSPS) is 11.2. The maximum absolute atomic E-state index is 12.6. The van der Waals surface area contributed by atoms with Gasteiger partial charge in [0, 0.05) is 20.8 Å². The molecule has 0 aliphatic carbocycles. The number of halogens is 4. The van der Waals surface area contributed by atoms with Crippen molar-refractivity contribution in [3.8, 4) is 6.07 Å². The van der Waals surface area contributed by atoms with Crippen LogP contribution in [0.1, 0.15) is 20.9 Å². The predicted octanol–water partition coefficient (Wildman–Crippen LogP) is 5.32. The van der Waals surface area contributed by atoms with Crippen molar-refractivity contribution >= 4 is 33.0 Å². The third-order valence-electron chi connectivity index (χ3n) is 2.83. The van der Waals surface area contributed by atoms with Crippen LogP contribution in [0.25, 0.3) is 0 Å². The van der Waals surface area contributed by atoms with Gasteiger partial charge in [0.2, 0.25) is 0 Å². The average molecular weight is 375 g/mol. The number of hydrogen-bond acceptors (Lipinski definition) is 3. The van der Waals surface area contributed by atoms with Crippen molar-refractivity contribution in [3.05, 3.63) is 49.6 Å². The van der Waals surface area contributed by atoms with E-state index in [1.807, 2.05) is 13.0 Å². The fourth-order valence-corrected chi connectivity index (χ4v) is 3.30. The molecule has 0 aliphatic heterocycles. The zero-order valence-corrected chi connectivity index (χ0v) is 13.3. The van der Waals surface area contributed by atoms with Gasteiger partial charge < -0.3 is 5.32 Å². The Kier molecular flexibility index (Phi) is 4.59. The van der Waals surface area contributed by atoms with Crippen molar-refractivity contribution in [1.82, 2.24) is 0 Å². The Morgan fingerprint density at radius 2 is 2.05 bits per heavy atom. The van der Waals surface area contributed by atoms with Gasteiger partial charge in [0.05, 0.1) is 16.8 Å². The third-order valence-corrected chi connectivity index (χ3v) is 4.97. The maximum Gasteiger partial charge on any atom is 0.416 e. The molecule has 1 heterocycles. The van der Waals surface area contributed by atoms with Crippen molar-refractivity contribution in [1.29, 1.82) is 5.26 Å². The third kappa shape index (κ3) is 3.77. The Morgan fingerprint density at radius 1 is 1.33 bits per heavy atom. The molecule has 2 rings (SSSR count). The molecule has 1 aromatic heterocycles. The molecule has 1 N–H and O–H groups in total. The highest BCUT2D eigenvalue weighted by Gasteiger charge is 2.31. The lowest BCUT2D eigenvalue weighted by atomic mass is 10.1. The van der Waals surface area contributed by atoms with Gasteiger partial charge in [-0.25, -0.2) is 0 Å². The topological polar surface area (TPSA) is 35.8 Å². The van der Waals surface area contributed by atoms with Gasteiger partial charge in [0.1, 0.15) is 6.07 Å². The molecule has 2 aromatic rings. The summed E-state index contributed by atoms with van der Waals surface area (Å²) in [5.74, 6) is 0. The predicted molar refractivity (Wildman–Crippen MR) is 80.2 cm³/mol. The van der Waals surface area contributed by atoms with Crippen LogP contribution in [-0.2, 0) is 12.7 Å². The van der Waals surface area contributed by atoms with E-state index in [0.717, 1.165) is 26.4 Å². The summed E-state index contributed by atoms with van der Waals surface area (Å²) in [6, 6.07) is 6.86. The molecule has 0 spiro atoms. The van der Waals surface area contributed by atoms with Crippen LogP contribution in [0.3, 0.4) is 0 Å². The summed E-state index contributed by atoms with van der Waals surface area (Å²) in [7, 11) is 0. The van der Waals surface area contributed by atoms with Gasteiger partial charge in [0.15, 0.2) is 0 Å². The molecule has 0 aliphatic rings. The molecule has 0 atom stereocenters. The number of nitrogens with one attached hydrogen (secondary N) is 1. The summed E-state index contributed by atoms with van der Waals surface area (Å²) in [4.78, 5) is 2.16. The van der Waals surface area contributed by atoms with Crippen molar-refractivity contribution in [3.63, 3.8) is 0 Å². The van der Waals surface area contributed by atoms with Gasteiger partial charge in [-0.2, -0.15) is 18.4 Å². The summed E-state index contributed by atoms with van der Waals surface area (Å²) in [6.45, 7) is 2.42. The number of nitrogens with zero attached hydrogens (tertiary/aromatic N) is 1. The number of alkyl halides is 3. The van der Waals surface area contributed by atoms with E-state index in [4.69, 9.17) is 5.26 Å². The molecular weight excluding hydrogens is 365 g/mol. The minimum absolute atomic E-state index is 0.0165. The van der Waals surface area contributed by atoms with Crippen LogP contribution >= 0.6 is 27.3 Å². The summed E-state index contributed by atoms with van der Waals surface area (Å²) < 4.78 is 38.8. The molecule has 110 valence electrons. The number of thiophene rings is 1. The first-order valence-electron chi connectivity index (χ1n) is 5.91. The van der Waals surface area contributed by atoms with Crippen LogP contribution < -0.4 is 5.32 Å². The van der Waals surface area contributed by atoms with Crippen LogP contribution in [-0.4, -0.2) is 0 Å². The van der Waals surface area contributed by atoms with Gasteiger partial charge >= 0.3 is 6.18 Å². The lowest BCUT2D eigenvalue weighted by Gasteiger charge is -2.11. The Bertz CT molecular complexity index is 682. The van der Waals surface area contributed by atoms with Gasteiger partial charge in [-0.1, -0.05) is 0 Å². The zero-order valence-electron chi connectivity index (χ0n) is 10.9. The molecule has 7 heteroatoms. The Hall–Kier alpha value is -1.52. The van der Waals surface area contributed by atoms with Crippen LogP contribution in [0.5, 0.6) is 0 Å². The Labute approximate surface area is 132 Å². The Morgan fingerprint density at radius 3 is 2.57 bits per heavy atom. The highest BCUT2D eigenvalue weighted by Crippen LogP contribution is 2.32. The van der Waals surface area contributed by atoms with E-state index in [-0.39, 0.29) is 5.56 Å². The fraction of sp³-hybridized carbons (Fsp3) is 0.214. The molecule has 0 unspecified atom stereocenters.